The maximum absolute atomic E-state index is 11.9. The Hall–Kier alpha value is -1.85. The van der Waals surface area contributed by atoms with Gasteiger partial charge in [-0.25, -0.2) is 4.79 Å². The molecule has 0 aromatic rings. The van der Waals surface area contributed by atoms with Crippen molar-refractivity contribution in [2.75, 3.05) is 25.4 Å². The van der Waals surface area contributed by atoms with Crippen LogP contribution in [-0.2, 0) is 19.2 Å². The topological polar surface area (TPSA) is 157 Å². The zero-order valence-corrected chi connectivity index (χ0v) is 13.8. The van der Waals surface area contributed by atoms with Gasteiger partial charge in [0.15, 0.2) is 0 Å². The first-order chi connectivity index (χ1) is 11.4. The molecular formula is C13H22N4O6S. The summed E-state index contributed by atoms with van der Waals surface area (Å²) < 4.78 is 0. The number of hydrogen-bond donors (Lipinski definition) is 7. The molecule has 1 aliphatic rings. The van der Waals surface area contributed by atoms with Crippen LogP contribution in [0.3, 0.4) is 0 Å². The maximum Gasteiger partial charge on any atom is 0.327 e. The van der Waals surface area contributed by atoms with Crippen LogP contribution in [0.5, 0.6) is 0 Å². The van der Waals surface area contributed by atoms with Gasteiger partial charge < -0.3 is 31.5 Å². The van der Waals surface area contributed by atoms with Crippen LogP contribution in [0.1, 0.15) is 12.8 Å². The smallest absolute Gasteiger partial charge is 0.327 e. The number of carboxylic acid groups (broad SMARTS) is 1. The molecule has 0 spiro atoms. The van der Waals surface area contributed by atoms with Crippen molar-refractivity contribution >= 4 is 36.3 Å². The summed E-state index contributed by atoms with van der Waals surface area (Å²) in [7, 11) is 0. The highest BCUT2D eigenvalue weighted by Crippen LogP contribution is 2.04. The molecule has 6 N–H and O–H groups in total. The monoisotopic (exact) mass is 362 g/mol. The second-order valence-electron chi connectivity index (χ2n) is 5.25. The van der Waals surface area contributed by atoms with Gasteiger partial charge in [0.05, 0.1) is 19.2 Å². The van der Waals surface area contributed by atoms with Crippen LogP contribution in [0.15, 0.2) is 0 Å². The zero-order valence-electron chi connectivity index (χ0n) is 12.9. The van der Waals surface area contributed by atoms with Crippen LogP contribution in [0.2, 0.25) is 0 Å². The van der Waals surface area contributed by atoms with Gasteiger partial charge >= 0.3 is 5.97 Å². The molecule has 3 unspecified atom stereocenters. The van der Waals surface area contributed by atoms with Gasteiger partial charge in [-0.15, -0.1) is 0 Å². The van der Waals surface area contributed by atoms with Gasteiger partial charge in [0.2, 0.25) is 17.7 Å². The first-order valence-corrected chi connectivity index (χ1v) is 8.07. The van der Waals surface area contributed by atoms with Crippen molar-refractivity contribution in [2.45, 2.75) is 31.0 Å². The Labute approximate surface area is 144 Å². The molecule has 3 amide bonds. The van der Waals surface area contributed by atoms with Gasteiger partial charge in [-0.1, -0.05) is 0 Å². The number of carbonyl (C=O) groups is 4. The summed E-state index contributed by atoms with van der Waals surface area (Å²) in [5.41, 5.74) is 0. The average molecular weight is 362 g/mol. The lowest BCUT2D eigenvalue weighted by Gasteiger charge is -2.19. The van der Waals surface area contributed by atoms with Gasteiger partial charge in [0, 0.05) is 5.75 Å². The van der Waals surface area contributed by atoms with Crippen molar-refractivity contribution < 1.29 is 29.4 Å². The number of carbonyl (C=O) groups excluding carboxylic acids is 3. The standard InChI is InChI=1S/C13H22N4O6S/c18-5-8(12(21)17-9(6-24)13(22)23)16-10(19)4-15-11(20)7-2-1-3-14-7/h7-9,14,18,24H,1-6H2,(H,15,20)(H,16,19)(H,17,21)(H,22,23). The molecule has 0 aliphatic carbocycles. The highest BCUT2D eigenvalue weighted by molar-refractivity contribution is 7.80. The fraction of sp³-hybridized carbons (Fsp3) is 0.692. The maximum atomic E-state index is 11.9. The molecule has 11 heteroatoms. The Morgan fingerprint density at radius 2 is 1.92 bits per heavy atom. The lowest BCUT2D eigenvalue weighted by Crippen LogP contribution is -2.55. The first-order valence-electron chi connectivity index (χ1n) is 7.44. The first kappa shape index (κ1) is 20.2. The third-order valence-corrected chi connectivity index (χ3v) is 3.80. The van der Waals surface area contributed by atoms with Gasteiger partial charge in [0.25, 0.3) is 0 Å². The Kier molecular flexibility index (Phi) is 8.50. The lowest BCUT2D eigenvalue weighted by atomic mass is 10.2. The Balaban J connectivity index is 2.42. The molecule has 0 aromatic carbocycles. The van der Waals surface area contributed by atoms with E-state index in [0.29, 0.717) is 6.42 Å². The molecule has 3 atom stereocenters. The van der Waals surface area contributed by atoms with E-state index in [0.717, 1.165) is 13.0 Å². The van der Waals surface area contributed by atoms with E-state index in [1.165, 1.54) is 0 Å². The van der Waals surface area contributed by atoms with Crippen molar-refractivity contribution in [3.63, 3.8) is 0 Å². The van der Waals surface area contributed by atoms with E-state index < -0.39 is 36.5 Å². The molecule has 136 valence electrons. The third-order valence-electron chi connectivity index (χ3n) is 3.43. The molecule has 24 heavy (non-hydrogen) atoms. The molecule has 10 nitrogen and oxygen atoms in total. The Morgan fingerprint density at radius 3 is 2.42 bits per heavy atom. The SMILES string of the molecule is O=C(CNC(=O)C1CCCN1)NC(CO)C(=O)NC(CS)C(=O)O. The largest absolute Gasteiger partial charge is 0.480 e. The van der Waals surface area contributed by atoms with E-state index in [1.54, 1.807) is 0 Å². The average Bonchev–Trinajstić information content (AvgIpc) is 3.09. The van der Waals surface area contributed by atoms with Crippen LogP contribution in [-0.4, -0.2) is 77.5 Å². The van der Waals surface area contributed by atoms with Gasteiger partial charge in [-0.05, 0) is 19.4 Å². The fourth-order valence-corrected chi connectivity index (χ4v) is 2.34. The molecule has 0 radical (unpaired) electrons. The molecule has 1 fully saturated rings. The highest BCUT2D eigenvalue weighted by Gasteiger charge is 2.26. The van der Waals surface area contributed by atoms with Crippen molar-refractivity contribution in [2.24, 2.45) is 0 Å². The van der Waals surface area contributed by atoms with Crippen LogP contribution in [0.4, 0.5) is 0 Å². The number of amides is 3. The van der Waals surface area contributed by atoms with Gasteiger partial charge in [-0.2, -0.15) is 12.6 Å². The number of aliphatic carboxylic acids is 1. The molecule has 1 aliphatic heterocycles. The Morgan fingerprint density at radius 1 is 1.21 bits per heavy atom. The van der Waals surface area contributed by atoms with Crippen molar-refractivity contribution in [1.82, 2.24) is 21.3 Å². The molecule has 1 saturated heterocycles. The molecule has 0 saturated carbocycles. The quantitative estimate of drug-likeness (QED) is 0.213. The summed E-state index contributed by atoms with van der Waals surface area (Å²) in [5.74, 6) is -3.26. The summed E-state index contributed by atoms with van der Waals surface area (Å²) in [6.45, 7) is -0.322. The lowest BCUT2D eigenvalue weighted by molar-refractivity contribution is -0.141. The van der Waals surface area contributed by atoms with E-state index in [-0.39, 0.29) is 24.2 Å². The zero-order chi connectivity index (χ0) is 18.1. The minimum atomic E-state index is -1.32. The highest BCUT2D eigenvalue weighted by atomic mass is 32.1. The van der Waals surface area contributed by atoms with Gasteiger partial charge in [0.1, 0.15) is 12.1 Å². The van der Waals surface area contributed by atoms with Crippen molar-refractivity contribution in [3.8, 4) is 0 Å². The number of carboxylic acids is 1. The molecule has 1 heterocycles. The second kappa shape index (κ2) is 10.1. The van der Waals surface area contributed by atoms with Crippen LogP contribution >= 0.6 is 12.6 Å². The number of hydrogen-bond acceptors (Lipinski definition) is 7. The summed E-state index contributed by atoms with van der Waals surface area (Å²) >= 11 is 3.80. The summed E-state index contributed by atoms with van der Waals surface area (Å²) in [6, 6.07) is -2.89. The number of thiol groups is 1. The van der Waals surface area contributed by atoms with Gasteiger partial charge in [-0.3, -0.25) is 14.4 Å². The van der Waals surface area contributed by atoms with E-state index in [4.69, 9.17) is 5.11 Å². The minimum Gasteiger partial charge on any atom is -0.480 e. The number of aliphatic hydroxyl groups excluding tert-OH is 1. The number of aliphatic hydroxyl groups is 1. The summed E-state index contributed by atoms with van der Waals surface area (Å²) in [6.07, 6.45) is 1.57. The summed E-state index contributed by atoms with van der Waals surface area (Å²) in [5, 5.41) is 27.8. The normalized spacial score (nSPS) is 19.2. The predicted molar refractivity (Wildman–Crippen MR) is 86.5 cm³/mol. The Bertz CT molecular complexity index is 483. The fourth-order valence-electron chi connectivity index (χ4n) is 2.10. The van der Waals surface area contributed by atoms with Crippen LogP contribution in [0, 0.1) is 0 Å². The second-order valence-corrected chi connectivity index (χ2v) is 5.62. The summed E-state index contributed by atoms with van der Waals surface area (Å²) in [4.78, 5) is 46.2. The van der Waals surface area contributed by atoms with E-state index >= 15 is 0 Å². The number of rotatable bonds is 9. The third kappa shape index (κ3) is 6.34. The molecule has 0 bridgehead atoms. The predicted octanol–water partition coefficient (Wildman–Crippen LogP) is -3.17. The van der Waals surface area contributed by atoms with Crippen molar-refractivity contribution in [1.29, 1.82) is 0 Å². The molecule has 0 aromatic heterocycles. The molecule has 1 rings (SSSR count). The van der Waals surface area contributed by atoms with E-state index in [2.05, 4.69) is 33.9 Å². The minimum absolute atomic E-state index is 0.141. The van der Waals surface area contributed by atoms with Crippen LogP contribution < -0.4 is 21.3 Å². The molecular weight excluding hydrogens is 340 g/mol. The number of nitrogens with one attached hydrogen (secondary N) is 4. The van der Waals surface area contributed by atoms with E-state index in [9.17, 15) is 24.3 Å². The van der Waals surface area contributed by atoms with Crippen LogP contribution in [0.25, 0.3) is 0 Å². The van der Waals surface area contributed by atoms with Crippen molar-refractivity contribution in [3.05, 3.63) is 0 Å². The van der Waals surface area contributed by atoms with E-state index in [1.807, 2.05) is 0 Å².